The van der Waals surface area contributed by atoms with E-state index in [1.54, 1.807) is 18.2 Å². The van der Waals surface area contributed by atoms with Crippen LogP contribution in [0.15, 0.2) is 29.2 Å². The molecule has 0 fully saturated rings. The van der Waals surface area contributed by atoms with Gasteiger partial charge in [-0.25, -0.2) is 12.7 Å². The number of carbonyl (C=O) groups is 1. The fourth-order valence-corrected chi connectivity index (χ4v) is 4.60. The Bertz CT molecular complexity index is 650. The molecule has 0 N–H and O–H groups in total. The maximum atomic E-state index is 12.5. The molecule has 1 aromatic carbocycles. The van der Waals surface area contributed by atoms with Crippen LogP contribution in [0.25, 0.3) is 0 Å². The zero-order valence-corrected chi connectivity index (χ0v) is 15.5. The van der Waals surface area contributed by atoms with Gasteiger partial charge in [0.1, 0.15) is 4.90 Å². The number of fused-ring (bicyclic) bond motifs is 1. The Morgan fingerprint density at radius 3 is 2.12 bits per heavy atom. The maximum absolute atomic E-state index is 12.5. The Kier molecular flexibility index (Phi) is 6.80. The summed E-state index contributed by atoms with van der Waals surface area (Å²) in [6, 6.07) is 6.46. The van der Waals surface area contributed by atoms with Crippen molar-refractivity contribution >= 4 is 15.9 Å². The fraction of sp³-hybridized carbons (Fsp3) is 0.611. The zero-order chi connectivity index (χ0) is 17.6. The predicted octanol–water partition coefficient (Wildman–Crippen LogP) is 3.12. The van der Waals surface area contributed by atoms with Crippen LogP contribution in [0.1, 0.15) is 56.3 Å². The Balaban J connectivity index is 1.95. The number of nitrogens with zero attached hydrogens (tertiary/aromatic N) is 2. The van der Waals surface area contributed by atoms with E-state index in [0.29, 0.717) is 12.0 Å². The maximum Gasteiger partial charge on any atom is 0.269 e. The Labute approximate surface area is 145 Å². The van der Waals surface area contributed by atoms with Crippen molar-refractivity contribution in [1.82, 2.24) is 9.21 Å². The lowest BCUT2D eigenvalue weighted by atomic mass is 10.2. The number of hydrogen-bond donors (Lipinski definition) is 0. The van der Waals surface area contributed by atoms with Crippen LogP contribution in [0.3, 0.4) is 0 Å². The molecule has 0 spiro atoms. The number of benzene rings is 1. The summed E-state index contributed by atoms with van der Waals surface area (Å²) < 4.78 is 26.0. The Morgan fingerprint density at radius 1 is 0.958 bits per heavy atom. The van der Waals surface area contributed by atoms with Crippen LogP contribution in [0, 0.1) is 0 Å². The van der Waals surface area contributed by atoms with Crippen LogP contribution < -0.4 is 0 Å². The first-order valence-electron chi connectivity index (χ1n) is 8.90. The average Bonchev–Trinajstić information content (AvgIpc) is 2.77. The smallest absolute Gasteiger partial charge is 0.269 e. The van der Waals surface area contributed by atoms with Crippen LogP contribution in [0.5, 0.6) is 0 Å². The first kappa shape index (κ1) is 18.9. The molecule has 0 aliphatic carbocycles. The van der Waals surface area contributed by atoms with Crippen molar-refractivity contribution in [3.05, 3.63) is 29.8 Å². The highest BCUT2D eigenvalue weighted by atomic mass is 32.2. The molecule has 0 saturated carbocycles. The molecule has 134 valence electrons. The van der Waals surface area contributed by atoms with Gasteiger partial charge in [0.2, 0.25) is 0 Å². The molecule has 1 aliphatic heterocycles. The topological polar surface area (TPSA) is 57.7 Å². The summed E-state index contributed by atoms with van der Waals surface area (Å²) >= 11 is 0. The van der Waals surface area contributed by atoms with Gasteiger partial charge in [-0.05, 0) is 51.0 Å². The van der Waals surface area contributed by atoms with Gasteiger partial charge in [0, 0.05) is 6.54 Å². The van der Waals surface area contributed by atoms with Crippen molar-refractivity contribution in [1.29, 1.82) is 0 Å². The van der Waals surface area contributed by atoms with Gasteiger partial charge in [-0.3, -0.25) is 4.79 Å². The molecule has 0 radical (unpaired) electrons. The van der Waals surface area contributed by atoms with Crippen LogP contribution in [0.2, 0.25) is 0 Å². The summed E-state index contributed by atoms with van der Waals surface area (Å²) in [6.45, 7) is 7.50. The first-order chi connectivity index (χ1) is 11.5. The largest absolute Gasteiger partial charge is 0.303 e. The molecule has 2 rings (SSSR count). The normalized spacial score (nSPS) is 16.0. The van der Waals surface area contributed by atoms with Crippen LogP contribution >= 0.6 is 0 Å². The second-order valence-electron chi connectivity index (χ2n) is 6.28. The lowest BCUT2D eigenvalue weighted by Crippen LogP contribution is -2.34. The minimum atomic E-state index is -3.66. The molecule has 1 heterocycles. The highest BCUT2D eigenvalue weighted by molar-refractivity contribution is 7.90. The standard InChI is InChI=1S/C18H28N2O3S/c1-3-5-12-19(13-6-4-2)14-9-15-20-18(21)16-10-7-8-11-17(16)24(20,22)23/h7-8,10-11H,3-6,9,12-15H2,1-2H3. The van der Waals surface area contributed by atoms with Crippen LogP contribution in [-0.2, 0) is 10.0 Å². The van der Waals surface area contributed by atoms with Gasteiger partial charge in [-0.15, -0.1) is 0 Å². The summed E-state index contributed by atoms with van der Waals surface area (Å²) in [7, 11) is -3.66. The van der Waals surface area contributed by atoms with Crippen molar-refractivity contribution < 1.29 is 13.2 Å². The molecule has 5 nitrogen and oxygen atoms in total. The van der Waals surface area contributed by atoms with Crippen molar-refractivity contribution in [2.45, 2.75) is 50.8 Å². The third-order valence-corrected chi connectivity index (χ3v) is 6.24. The van der Waals surface area contributed by atoms with E-state index in [1.165, 1.54) is 6.07 Å². The van der Waals surface area contributed by atoms with Gasteiger partial charge in [0.05, 0.1) is 5.56 Å². The van der Waals surface area contributed by atoms with Gasteiger partial charge >= 0.3 is 0 Å². The molecule has 0 atom stereocenters. The number of carbonyl (C=O) groups excluding carboxylic acids is 1. The lowest BCUT2D eigenvalue weighted by Gasteiger charge is -2.23. The molecular weight excluding hydrogens is 324 g/mol. The number of amides is 1. The number of hydrogen-bond acceptors (Lipinski definition) is 4. The van der Waals surface area contributed by atoms with E-state index in [2.05, 4.69) is 18.7 Å². The van der Waals surface area contributed by atoms with Gasteiger partial charge in [-0.1, -0.05) is 38.8 Å². The summed E-state index contributed by atoms with van der Waals surface area (Å²) in [6.07, 6.45) is 5.27. The van der Waals surface area contributed by atoms with Crippen molar-refractivity contribution in [3.8, 4) is 0 Å². The predicted molar refractivity (Wildman–Crippen MR) is 95.5 cm³/mol. The highest BCUT2D eigenvalue weighted by Gasteiger charge is 2.40. The minimum absolute atomic E-state index is 0.142. The highest BCUT2D eigenvalue weighted by Crippen LogP contribution is 2.29. The van der Waals surface area contributed by atoms with Crippen LogP contribution in [-0.4, -0.2) is 49.7 Å². The van der Waals surface area contributed by atoms with E-state index in [9.17, 15) is 13.2 Å². The molecular formula is C18H28N2O3S. The SMILES string of the molecule is CCCCN(CCCC)CCCN1C(=O)c2ccccc2S1(=O)=O. The van der Waals surface area contributed by atoms with E-state index in [1.807, 2.05) is 0 Å². The molecule has 0 unspecified atom stereocenters. The van der Waals surface area contributed by atoms with E-state index in [4.69, 9.17) is 0 Å². The minimum Gasteiger partial charge on any atom is -0.303 e. The molecule has 1 aliphatic rings. The molecule has 1 aromatic rings. The van der Waals surface area contributed by atoms with E-state index in [-0.39, 0.29) is 17.3 Å². The molecule has 0 aromatic heterocycles. The fourth-order valence-electron chi connectivity index (χ4n) is 2.99. The molecule has 0 saturated heterocycles. The van der Waals surface area contributed by atoms with Crippen molar-refractivity contribution in [2.75, 3.05) is 26.2 Å². The zero-order valence-electron chi connectivity index (χ0n) is 14.7. The summed E-state index contributed by atoms with van der Waals surface area (Å²) in [5.74, 6) is -0.390. The second-order valence-corrected chi connectivity index (χ2v) is 8.11. The Hall–Kier alpha value is -1.40. The molecule has 0 bridgehead atoms. The Morgan fingerprint density at radius 2 is 1.54 bits per heavy atom. The van der Waals surface area contributed by atoms with Gasteiger partial charge in [0.25, 0.3) is 15.9 Å². The van der Waals surface area contributed by atoms with Crippen molar-refractivity contribution in [3.63, 3.8) is 0 Å². The van der Waals surface area contributed by atoms with Crippen molar-refractivity contribution in [2.24, 2.45) is 0 Å². The summed E-state index contributed by atoms with van der Waals surface area (Å²) in [5, 5.41) is 0. The quantitative estimate of drug-likeness (QED) is 0.649. The second kappa shape index (κ2) is 8.62. The molecule has 6 heteroatoms. The molecule has 24 heavy (non-hydrogen) atoms. The number of unbranched alkanes of at least 4 members (excludes halogenated alkanes) is 2. The summed E-state index contributed by atoms with van der Waals surface area (Å²) in [4.78, 5) is 14.9. The number of rotatable bonds is 10. The van der Waals surface area contributed by atoms with E-state index in [0.717, 1.165) is 49.6 Å². The van der Waals surface area contributed by atoms with Crippen LogP contribution in [0.4, 0.5) is 0 Å². The summed E-state index contributed by atoms with van der Waals surface area (Å²) in [5.41, 5.74) is 0.298. The molecule has 1 amide bonds. The van der Waals surface area contributed by atoms with Gasteiger partial charge in [-0.2, -0.15) is 0 Å². The van der Waals surface area contributed by atoms with Gasteiger partial charge in [0.15, 0.2) is 0 Å². The first-order valence-corrected chi connectivity index (χ1v) is 10.3. The van der Waals surface area contributed by atoms with E-state index < -0.39 is 10.0 Å². The van der Waals surface area contributed by atoms with Gasteiger partial charge < -0.3 is 4.90 Å². The monoisotopic (exact) mass is 352 g/mol. The lowest BCUT2D eigenvalue weighted by molar-refractivity contribution is 0.0866. The third-order valence-electron chi connectivity index (χ3n) is 4.40. The third kappa shape index (κ3) is 4.16. The number of sulfonamides is 1. The average molecular weight is 352 g/mol. The van der Waals surface area contributed by atoms with E-state index >= 15 is 0 Å².